The van der Waals surface area contributed by atoms with Gasteiger partial charge in [0.15, 0.2) is 0 Å². The Kier molecular flexibility index (Phi) is 1.74. The van der Waals surface area contributed by atoms with Gasteiger partial charge in [0.05, 0.1) is 9.04 Å². The summed E-state index contributed by atoms with van der Waals surface area (Å²) in [6, 6.07) is 6.01. The smallest absolute Gasteiger partial charge is 0.0941 e. The lowest BCUT2D eigenvalue weighted by atomic mass is 10.2. The van der Waals surface area contributed by atoms with Crippen molar-refractivity contribution in [3.63, 3.8) is 0 Å². The van der Waals surface area contributed by atoms with Gasteiger partial charge in [-0.05, 0) is 30.0 Å². The van der Waals surface area contributed by atoms with Gasteiger partial charge in [-0.15, -0.1) is 11.3 Å². The first-order chi connectivity index (χ1) is 5.66. The highest BCUT2D eigenvalue weighted by Gasteiger charge is 2.03. The third-order valence-electron chi connectivity index (χ3n) is 1.76. The molecule has 0 saturated heterocycles. The van der Waals surface area contributed by atoms with Crippen LogP contribution in [0.2, 0.25) is 4.34 Å². The average Bonchev–Trinajstić information content (AvgIpc) is 2.29. The highest BCUT2D eigenvalue weighted by Crippen LogP contribution is 2.34. The molecule has 62 valence electrons. The summed E-state index contributed by atoms with van der Waals surface area (Å²) in [6.07, 6.45) is 0. The fraction of sp³-hybridized carbons (Fsp3) is 0.111. The van der Waals surface area contributed by atoms with Crippen molar-refractivity contribution in [3.05, 3.63) is 28.1 Å². The van der Waals surface area contributed by atoms with Crippen LogP contribution in [0.5, 0.6) is 0 Å². The molecule has 0 fully saturated rings. The van der Waals surface area contributed by atoms with Gasteiger partial charge >= 0.3 is 0 Å². The number of hydrogen-bond acceptors (Lipinski definition) is 2. The molecule has 0 aliphatic rings. The SMILES string of the molecule is Cc1cc(N)c2sc(Cl)cc2c1. The first kappa shape index (κ1) is 7.90. The maximum Gasteiger partial charge on any atom is 0.0941 e. The Balaban J connectivity index is 2.88. The van der Waals surface area contributed by atoms with Crippen LogP contribution in [0, 0.1) is 6.92 Å². The van der Waals surface area contributed by atoms with Gasteiger partial charge in [0.25, 0.3) is 0 Å². The van der Waals surface area contributed by atoms with Crippen LogP contribution in [0.1, 0.15) is 5.56 Å². The second-order valence-electron chi connectivity index (χ2n) is 2.82. The molecule has 0 atom stereocenters. The molecule has 0 saturated carbocycles. The molecule has 2 aromatic rings. The van der Waals surface area contributed by atoms with Crippen molar-refractivity contribution in [3.8, 4) is 0 Å². The molecule has 1 aromatic carbocycles. The molecule has 0 bridgehead atoms. The first-order valence-corrected chi connectivity index (χ1v) is 4.81. The summed E-state index contributed by atoms with van der Waals surface area (Å²) in [5.74, 6) is 0. The van der Waals surface area contributed by atoms with E-state index >= 15 is 0 Å². The lowest BCUT2D eigenvalue weighted by molar-refractivity contribution is 1.51. The van der Waals surface area contributed by atoms with Crippen LogP contribution < -0.4 is 5.73 Å². The van der Waals surface area contributed by atoms with E-state index in [9.17, 15) is 0 Å². The fourth-order valence-electron chi connectivity index (χ4n) is 1.30. The van der Waals surface area contributed by atoms with Crippen molar-refractivity contribution in [2.45, 2.75) is 6.92 Å². The Morgan fingerprint density at radius 1 is 1.33 bits per heavy atom. The maximum absolute atomic E-state index is 5.87. The number of benzene rings is 1. The number of hydrogen-bond donors (Lipinski definition) is 1. The number of nitrogen functional groups attached to an aromatic ring is 1. The lowest BCUT2D eigenvalue weighted by Crippen LogP contribution is -1.84. The molecule has 1 nitrogen and oxygen atoms in total. The molecule has 0 unspecified atom stereocenters. The number of rotatable bonds is 0. The summed E-state index contributed by atoms with van der Waals surface area (Å²) in [5, 5.41) is 1.14. The summed E-state index contributed by atoms with van der Waals surface area (Å²) < 4.78 is 1.88. The van der Waals surface area contributed by atoms with E-state index in [2.05, 4.69) is 6.07 Å². The number of nitrogens with two attached hydrogens (primary N) is 1. The molecular weight excluding hydrogens is 190 g/mol. The van der Waals surface area contributed by atoms with Gasteiger partial charge in [-0.3, -0.25) is 0 Å². The van der Waals surface area contributed by atoms with E-state index in [-0.39, 0.29) is 0 Å². The van der Waals surface area contributed by atoms with Crippen molar-refractivity contribution < 1.29 is 0 Å². The van der Waals surface area contributed by atoms with E-state index in [1.165, 1.54) is 16.9 Å². The second-order valence-corrected chi connectivity index (χ2v) is 4.51. The van der Waals surface area contributed by atoms with Crippen LogP contribution in [0.25, 0.3) is 10.1 Å². The average molecular weight is 198 g/mol. The Hall–Kier alpha value is -0.730. The van der Waals surface area contributed by atoms with E-state index in [0.717, 1.165) is 20.1 Å². The Morgan fingerprint density at radius 3 is 2.83 bits per heavy atom. The Morgan fingerprint density at radius 2 is 2.08 bits per heavy atom. The van der Waals surface area contributed by atoms with E-state index in [0.29, 0.717) is 0 Å². The monoisotopic (exact) mass is 197 g/mol. The zero-order valence-corrected chi connectivity index (χ0v) is 8.17. The van der Waals surface area contributed by atoms with E-state index in [1.807, 2.05) is 19.1 Å². The summed E-state index contributed by atoms with van der Waals surface area (Å²) in [5.41, 5.74) is 7.82. The van der Waals surface area contributed by atoms with Crippen LogP contribution in [0.4, 0.5) is 5.69 Å². The van der Waals surface area contributed by atoms with Crippen molar-refractivity contribution in [1.82, 2.24) is 0 Å². The van der Waals surface area contributed by atoms with Gasteiger partial charge in [0.2, 0.25) is 0 Å². The normalized spacial score (nSPS) is 10.8. The zero-order valence-electron chi connectivity index (χ0n) is 6.60. The summed E-state index contributed by atoms with van der Waals surface area (Å²) in [7, 11) is 0. The third kappa shape index (κ3) is 1.17. The predicted octanol–water partition coefficient (Wildman–Crippen LogP) is 3.45. The molecule has 0 spiro atoms. The van der Waals surface area contributed by atoms with Crippen LogP contribution in [0.3, 0.4) is 0 Å². The molecule has 0 aliphatic heterocycles. The standard InChI is InChI=1S/C9H8ClNS/c1-5-2-6-4-8(10)12-9(6)7(11)3-5/h2-4H,11H2,1H3. The molecule has 3 heteroatoms. The van der Waals surface area contributed by atoms with Crippen molar-refractivity contribution in [2.75, 3.05) is 5.73 Å². The number of anilines is 1. The summed E-state index contributed by atoms with van der Waals surface area (Å²) in [6.45, 7) is 2.03. The highest BCUT2D eigenvalue weighted by molar-refractivity contribution is 7.23. The molecule has 0 aliphatic carbocycles. The largest absolute Gasteiger partial charge is 0.398 e. The van der Waals surface area contributed by atoms with Gasteiger partial charge < -0.3 is 5.73 Å². The minimum Gasteiger partial charge on any atom is -0.398 e. The zero-order chi connectivity index (χ0) is 8.72. The number of halogens is 1. The predicted molar refractivity (Wildman–Crippen MR) is 56.0 cm³/mol. The molecule has 0 amide bonds. The molecule has 0 radical (unpaired) electrons. The van der Waals surface area contributed by atoms with E-state index in [4.69, 9.17) is 17.3 Å². The minimum atomic E-state index is 0.794. The molecule has 1 heterocycles. The maximum atomic E-state index is 5.87. The molecule has 2 N–H and O–H groups in total. The number of fused-ring (bicyclic) bond motifs is 1. The third-order valence-corrected chi connectivity index (χ3v) is 3.09. The fourth-order valence-corrected chi connectivity index (χ4v) is 2.45. The molecular formula is C9H8ClNS. The van der Waals surface area contributed by atoms with Gasteiger partial charge in [-0.25, -0.2) is 0 Å². The van der Waals surface area contributed by atoms with Crippen LogP contribution in [0.15, 0.2) is 18.2 Å². The van der Waals surface area contributed by atoms with E-state index < -0.39 is 0 Å². The second kappa shape index (κ2) is 2.64. The molecule has 2 rings (SSSR count). The Labute approximate surface area is 79.8 Å². The molecule has 1 aromatic heterocycles. The van der Waals surface area contributed by atoms with Gasteiger partial charge in [0.1, 0.15) is 0 Å². The van der Waals surface area contributed by atoms with Gasteiger partial charge in [-0.2, -0.15) is 0 Å². The number of thiophene rings is 1. The van der Waals surface area contributed by atoms with Crippen molar-refractivity contribution >= 4 is 38.7 Å². The van der Waals surface area contributed by atoms with E-state index in [1.54, 1.807) is 0 Å². The number of aryl methyl sites for hydroxylation is 1. The lowest BCUT2D eigenvalue weighted by Gasteiger charge is -1.97. The Bertz CT molecular complexity index is 433. The molecule has 12 heavy (non-hydrogen) atoms. The summed E-state index contributed by atoms with van der Waals surface area (Å²) >= 11 is 7.40. The van der Waals surface area contributed by atoms with Crippen LogP contribution in [-0.4, -0.2) is 0 Å². The minimum absolute atomic E-state index is 0.794. The topological polar surface area (TPSA) is 26.0 Å². The quantitative estimate of drug-likeness (QED) is 0.644. The van der Waals surface area contributed by atoms with Crippen LogP contribution in [-0.2, 0) is 0 Å². The van der Waals surface area contributed by atoms with Crippen LogP contribution >= 0.6 is 22.9 Å². The van der Waals surface area contributed by atoms with Crippen molar-refractivity contribution in [2.24, 2.45) is 0 Å². The van der Waals surface area contributed by atoms with Gasteiger partial charge in [-0.1, -0.05) is 17.7 Å². The van der Waals surface area contributed by atoms with Gasteiger partial charge in [0, 0.05) is 5.69 Å². The first-order valence-electron chi connectivity index (χ1n) is 3.62. The van der Waals surface area contributed by atoms with Crippen molar-refractivity contribution in [1.29, 1.82) is 0 Å². The summed E-state index contributed by atoms with van der Waals surface area (Å²) in [4.78, 5) is 0. The highest BCUT2D eigenvalue weighted by atomic mass is 35.5.